The molecule has 0 aliphatic rings. The second-order valence-electron chi connectivity index (χ2n) is 4.18. The molecular weight excluding hydrogens is 236 g/mol. The fraction of sp³-hybridized carbons (Fsp3) is 0.636. The number of carbonyl (C=O) groups is 1. The van der Waals surface area contributed by atoms with Crippen LogP contribution in [-0.4, -0.2) is 26.7 Å². The second kappa shape index (κ2) is 6.13. The third-order valence-corrected chi connectivity index (χ3v) is 2.81. The van der Waals surface area contributed by atoms with E-state index in [1.165, 1.54) is 10.9 Å². The molecule has 100 valence electrons. The minimum absolute atomic E-state index is 0.0806. The van der Waals surface area contributed by atoms with Gasteiger partial charge in [0.15, 0.2) is 0 Å². The quantitative estimate of drug-likeness (QED) is 0.617. The number of nitro groups is 1. The molecule has 2 atom stereocenters. The Morgan fingerprint density at radius 2 is 2.22 bits per heavy atom. The summed E-state index contributed by atoms with van der Waals surface area (Å²) >= 11 is 0. The maximum absolute atomic E-state index is 12.0. The number of carbonyl (C=O) groups excluding carboxylic acids is 1. The molecule has 0 aliphatic heterocycles. The van der Waals surface area contributed by atoms with Gasteiger partial charge in [-0.05, 0) is 19.8 Å². The molecule has 18 heavy (non-hydrogen) atoms. The fourth-order valence-corrected chi connectivity index (χ4v) is 1.53. The molecule has 7 nitrogen and oxygen atoms in total. The third kappa shape index (κ3) is 3.28. The van der Waals surface area contributed by atoms with Crippen molar-refractivity contribution >= 4 is 11.6 Å². The first kappa shape index (κ1) is 14.1. The van der Waals surface area contributed by atoms with Crippen LogP contribution in [0, 0.1) is 10.1 Å². The summed E-state index contributed by atoms with van der Waals surface area (Å²) in [7, 11) is 0. The standard InChI is InChI=1S/C11H18N4O3/c1-4-8(3)13-11(16)10(5-2)14-7-9(6-12-14)15(17)18/h6-8,10H,4-5H2,1-3H3,(H,13,16). The number of nitrogens with zero attached hydrogens (tertiary/aromatic N) is 3. The summed E-state index contributed by atoms with van der Waals surface area (Å²) in [6, 6.07) is -0.426. The lowest BCUT2D eigenvalue weighted by molar-refractivity contribution is -0.385. The molecule has 1 N–H and O–H groups in total. The van der Waals surface area contributed by atoms with Crippen LogP contribution in [0.25, 0.3) is 0 Å². The van der Waals surface area contributed by atoms with Crippen molar-refractivity contribution in [3.05, 3.63) is 22.5 Å². The topological polar surface area (TPSA) is 90.1 Å². The smallest absolute Gasteiger partial charge is 0.307 e. The Labute approximate surface area is 105 Å². The molecule has 0 radical (unpaired) electrons. The number of hydrogen-bond acceptors (Lipinski definition) is 4. The Bertz CT molecular complexity index is 430. The van der Waals surface area contributed by atoms with Crippen molar-refractivity contribution in [1.82, 2.24) is 15.1 Å². The fourth-order valence-electron chi connectivity index (χ4n) is 1.53. The minimum atomic E-state index is -0.525. The van der Waals surface area contributed by atoms with Crippen LogP contribution >= 0.6 is 0 Å². The molecule has 1 aromatic heterocycles. The van der Waals surface area contributed by atoms with Gasteiger partial charge in [-0.3, -0.25) is 19.6 Å². The Hall–Kier alpha value is -1.92. The minimum Gasteiger partial charge on any atom is -0.352 e. The molecule has 1 amide bonds. The van der Waals surface area contributed by atoms with E-state index in [0.29, 0.717) is 6.42 Å². The van der Waals surface area contributed by atoms with Crippen LogP contribution in [0.3, 0.4) is 0 Å². The van der Waals surface area contributed by atoms with Crippen molar-refractivity contribution in [3.8, 4) is 0 Å². The first-order valence-electron chi connectivity index (χ1n) is 5.98. The van der Waals surface area contributed by atoms with Gasteiger partial charge in [0.2, 0.25) is 5.91 Å². The van der Waals surface area contributed by atoms with Gasteiger partial charge < -0.3 is 5.32 Å². The molecule has 0 aromatic carbocycles. The number of amides is 1. The van der Waals surface area contributed by atoms with Crippen molar-refractivity contribution in [3.63, 3.8) is 0 Å². The zero-order valence-electron chi connectivity index (χ0n) is 10.8. The van der Waals surface area contributed by atoms with Gasteiger partial charge in [0.05, 0.1) is 4.92 Å². The predicted molar refractivity (Wildman–Crippen MR) is 66.1 cm³/mol. The third-order valence-electron chi connectivity index (χ3n) is 2.81. The summed E-state index contributed by atoms with van der Waals surface area (Å²) in [6.07, 6.45) is 3.80. The summed E-state index contributed by atoms with van der Waals surface area (Å²) in [5.41, 5.74) is -0.107. The summed E-state index contributed by atoms with van der Waals surface area (Å²) in [5.74, 6) is -0.162. The van der Waals surface area contributed by atoms with Gasteiger partial charge in [-0.15, -0.1) is 0 Å². The second-order valence-corrected chi connectivity index (χ2v) is 4.18. The maximum atomic E-state index is 12.0. The molecule has 0 fully saturated rings. The van der Waals surface area contributed by atoms with Crippen LogP contribution in [0.1, 0.15) is 39.7 Å². The Morgan fingerprint density at radius 1 is 1.56 bits per heavy atom. The number of aromatic nitrogens is 2. The van der Waals surface area contributed by atoms with Crippen molar-refractivity contribution < 1.29 is 9.72 Å². The van der Waals surface area contributed by atoms with Crippen LogP contribution in [-0.2, 0) is 4.79 Å². The number of hydrogen-bond donors (Lipinski definition) is 1. The zero-order chi connectivity index (χ0) is 13.7. The highest BCUT2D eigenvalue weighted by Crippen LogP contribution is 2.16. The summed E-state index contributed by atoms with van der Waals surface area (Å²) in [6.45, 7) is 5.73. The van der Waals surface area contributed by atoms with Crippen LogP contribution in [0.15, 0.2) is 12.4 Å². The zero-order valence-corrected chi connectivity index (χ0v) is 10.8. The van der Waals surface area contributed by atoms with Crippen LogP contribution in [0.4, 0.5) is 5.69 Å². The normalized spacial score (nSPS) is 13.9. The predicted octanol–water partition coefficient (Wildman–Crippen LogP) is 1.66. The van der Waals surface area contributed by atoms with Gasteiger partial charge in [0.25, 0.3) is 0 Å². The Morgan fingerprint density at radius 3 is 2.67 bits per heavy atom. The number of rotatable bonds is 6. The van der Waals surface area contributed by atoms with Crippen molar-refractivity contribution in [1.29, 1.82) is 0 Å². The van der Waals surface area contributed by atoms with E-state index < -0.39 is 11.0 Å². The van der Waals surface area contributed by atoms with Gasteiger partial charge in [-0.2, -0.15) is 5.10 Å². The molecule has 1 rings (SSSR count). The van der Waals surface area contributed by atoms with E-state index in [4.69, 9.17) is 0 Å². The van der Waals surface area contributed by atoms with Crippen molar-refractivity contribution in [2.24, 2.45) is 0 Å². The summed E-state index contributed by atoms with van der Waals surface area (Å²) < 4.78 is 1.34. The Balaban J connectivity index is 2.81. The van der Waals surface area contributed by atoms with Crippen molar-refractivity contribution in [2.75, 3.05) is 0 Å². The Kier molecular flexibility index (Phi) is 4.82. The summed E-state index contributed by atoms with van der Waals surface area (Å²) in [4.78, 5) is 22.0. The lowest BCUT2D eigenvalue weighted by Crippen LogP contribution is -2.38. The lowest BCUT2D eigenvalue weighted by Gasteiger charge is -2.18. The average molecular weight is 254 g/mol. The average Bonchev–Trinajstić information content (AvgIpc) is 2.79. The monoisotopic (exact) mass is 254 g/mol. The van der Waals surface area contributed by atoms with E-state index in [1.54, 1.807) is 0 Å². The molecule has 0 bridgehead atoms. The highest BCUT2D eigenvalue weighted by atomic mass is 16.6. The first-order chi connectivity index (χ1) is 8.49. The van der Waals surface area contributed by atoms with Crippen LogP contribution in [0.5, 0.6) is 0 Å². The van der Waals surface area contributed by atoms with E-state index in [2.05, 4.69) is 10.4 Å². The molecule has 2 unspecified atom stereocenters. The molecule has 0 spiro atoms. The molecule has 0 saturated heterocycles. The largest absolute Gasteiger partial charge is 0.352 e. The van der Waals surface area contributed by atoms with Gasteiger partial charge >= 0.3 is 5.69 Å². The van der Waals surface area contributed by atoms with Crippen LogP contribution in [0.2, 0.25) is 0 Å². The highest BCUT2D eigenvalue weighted by Gasteiger charge is 2.22. The van der Waals surface area contributed by atoms with Gasteiger partial charge in [0, 0.05) is 6.04 Å². The van der Waals surface area contributed by atoms with E-state index in [0.717, 1.165) is 12.6 Å². The molecule has 0 saturated carbocycles. The van der Waals surface area contributed by atoms with E-state index in [1.807, 2.05) is 20.8 Å². The van der Waals surface area contributed by atoms with E-state index in [9.17, 15) is 14.9 Å². The lowest BCUT2D eigenvalue weighted by atomic mass is 10.2. The van der Waals surface area contributed by atoms with E-state index >= 15 is 0 Å². The maximum Gasteiger partial charge on any atom is 0.307 e. The van der Waals surface area contributed by atoms with E-state index in [-0.39, 0.29) is 17.6 Å². The molecule has 1 aromatic rings. The molecule has 1 heterocycles. The SMILES string of the molecule is CCC(C)NC(=O)C(CC)n1cc([N+](=O)[O-])cn1. The van der Waals surface area contributed by atoms with Crippen LogP contribution < -0.4 is 5.32 Å². The van der Waals surface area contributed by atoms with Gasteiger partial charge in [-0.25, -0.2) is 0 Å². The molecular formula is C11H18N4O3. The molecule has 0 aliphatic carbocycles. The highest BCUT2D eigenvalue weighted by molar-refractivity contribution is 5.80. The van der Waals surface area contributed by atoms with Crippen molar-refractivity contribution in [2.45, 2.75) is 45.7 Å². The van der Waals surface area contributed by atoms with Gasteiger partial charge in [-0.1, -0.05) is 13.8 Å². The number of nitrogens with one attached hydrogen (secondary N) is 1. The van der Waals surface area contributed by atoms with Gasteiger partial charge in [0.1, 0.15) is 18.4 Å². The first-order valence-corrected chi connectivity index (χ1v) is 5.98. The molecule has 7 heteroatoms. The summed E-state index contributed by atoms with van der Waals surface area (Å²) in [5, 5.41) is 17.3.